The van der Waals surface area contributed by atoms with Gasteiger partial charge in [0.05, 0.1) is 20.3 Å². The van der Waals surface area contributed by atoms with E-state index >= 15 is 0 Å². The lowest BCUT2D eigenvalue weighted by atomic mass is 9.79. The first-order chi connectivity index (χ1) is 13.8. The van der Waals surface area contributed by atoms with Gasteiger partial charge in [0.15, 0.2) is 16.6 Å². The Hall–Kier alpha value is -2.39. The highest BCUT2D eigenvalue weighted by atomic mass is 79.9. The molecule has 0 spiro atoms. The summed E-state index contributed by atoms with van der Waals surface area (Å²) in [6.07, 6.45) is 0. The molecule has 0 aromatic heterocycles. The van der Waals surface area contributed by atoms with E-state index in [1.165, 1.54) is 19.2 Å². The summed E-state index contributed by atoms with van der Waals surface area (Å²) in [7, 11) is 2.88. The maximum absolute atomic E-state index is 13.5. The van der Waals surface area contributed by atoms with Crippen molar-refractivity contribution >= 4 is 44.9 Å². The summed E-state index contributed by atoms with van der Waals surface area (Å²) in [5, 5.41) is 3.60. The van der Waals surface area contributed by atoms with E-state index in [9.17, 15) is 9.18 Å². The molecule has 1 saturated heterocycles. The predicted octanol–water partition coefficient (Wildman–Crippen LogP) is 3.93. The highest BCUT2D eigenvalue weighted by Crippen LogP contribution is 2.53. The molecule has 2 aliphatic rings. The Morgan fingerprint density at radius 1 is 1.31 bits per heavy atom. The second-order valence-electron chi connectivity index (χ2n) is 6.92. The van der Waals surface area contributed by atoms with E-state index in [4.69, 9.17) is 26.4 Å². The van der Waals surface area contributed by atoms with Gasteiger partial charge in [0, 0.05) is 15.7 Å². The Kier molecular flexibility index (Phi) is 4.90. The first-order valence-corrected chi connectivity index (χ1v) is 10.0. The number of halogens is 2. The van der Waals surface area contributed by atoms with Gasteiger partial charge in [-0.05, 0) is 55.5 Å². The minimum absolute atomic E-state index is 0.355. The van der Waals surface area contributed by atoms with Gasteiger partial charge in [0.2, 0.25) is 5.72 Å². The fourth-order valence-corrected chi connectivity index (χ4v) is 4.90. The maximum Gasteiger partial charge on any atom is 0.317 e. The number of rotatable bonds is 3. The highest BCUT2D eigenvalue weighted by Gasteiger charge is 2.60. The molecule has 2 aromatic rings. The van der Waals surface area contributed by atoms with Crippen molar-refractivity contribution < 1.29 is 23.4 Å². The third-order valence-electron chi connectivity index (χ3n) is 5.29. The molecular formula is C20H18BrFN2O4S. The second-order valence-corrected chi connectivity index (χ2v) is 8.23. The summed E-state index contributed by atoms with van der Waals surface area (Å²) in [6, 6.07) is 8.98. The number of benzene rings is 2. The van der Waals surface area contributed by atoms with Gasteiger partial charge >= 0.3 is 5.97 Å². The first kappa shape index (κ1) is 19.9. The lowest BCUT2D eigenvalue weighted by molar-refractivity contribution is -0.157. The zero-order valence-electron chi connectivity index (χ0n) is 15.9. The molecular weight excluding hydrogens is 463 g/mol. The third kappa shape index (κ3) is 3.03. The van der Waals surface area contributed by atoms with Gasteiger partial charge in [-0.3, -0.25) is 9.69 Å². The quantitative estimate of drug-likeness (QED) is 0.527. The van der Waals surface area contributed by atoms with Crippen molar-refractivity contribution in [2.45, 2.75) is 18.7 Å². The van der Waals surface area contributed by atoms with Crippen LogP contribution in [0.3, 0.4) is 0 Å². The molecule has 3 atom stereocenters. The van der Waals surface area contributed by atoms with E-state index in [2.05, 4.69) is 21.2 Å². The topological polar surface area (TPSA) is 60.0 Å². The van der Waals surface area contributed by atoms with Crippen LogP contribution in [0.5, 0.6) is 11.5 Å². The highest BCUT2D eigenvalue weighted by molar-refractivity contribution is 9.10. The normalized spacial score (nSPS) is 24.9. The SMILES string of the molecule is COC(=O)[C@H]1[C@H]2NC(=S)N(c3ccc(F)cc3)[C@@]1(C)Oc1c(OC)cc(Br)cc12. The summed E-state index contributed by atoms with van der Waals surface area (Å²) in [5.41, 5.74) is 0.0787. The molecule has 2 aliphatic heterocycles. The van der Waals surface area contributed by atoms with Crippen LogP contribution >= 0.6 is 28.1 Å². The number of nitrogens with one attached hydrogen (secondary N) is 1. The molecule has 4 rings (SSSR count). The van der Waals surface area contributed by atoms with Crippen LogP contribution in [0.15, 0.2) is 40.9 Å². The summed E-state index contributed by atoms with van der Waals surface area (Å²) in [5.74, 6) is -0.563. The van der Waals surface area contributed by atoms with Gasteiger partial charge in [-0.2, -0.15) is 0 Å². The molecule has 9 heteroatoms. The van der Waals surface area contributed by atoms with Crippen molar-refractivity contribution in [1.29, 1.82) is 0 Å². The van der Waals surface area contributed by atoms with Crippen molar-refractivity contribution in [3.63, 3.8) is 0 Å². The second kappa shape index (κ2) is 7.14. The summed E-state index contributed by atoms with van der Waals surface area (Å²) >= 11 is 9.08. The van der Waals surface area contributed by atoms with Crippen LogP contribution in [-0.2, 0) is 9.53 Å². The minimum atomic E-state index is -1.23. The van der Waals surface area contributed by atoms with Crippen LogP contribution in [0.4, 0.5) is 10.1 Å². The van der Waals surface area contributed by atoms with E-state index in [-0.39, 0.29) is 5.82 Å². The van der Waals surface area contributed by atoms with Gasteiger partial charge in [-0.25, -0.2) is 4.39 Å². The van der Waals surface area contributed by atoms with Crippen LogP contribution in [0.25, 0.3) is 0 Å². The summed E-state index contributed by atoms with van der Waals surface area (Å²) in [6.45, 7) is 1.77. The smallest absolute Gasteiger partial charge is 0.317 e. The van der Waals surface area contributed by atoms with E-state index < -0.39 is 23.7 Å². The molecule has 2 heterocycles. The average Bonchev–Trinajstić information content (AvgIpc) is 2.68. The fourth-order valence-electron chi connectivity index (χ4n) is 4.03. The Morgan fingerprint density at radius 3 is 2.62 bits per heavy atom. The van der Waals surface area contributed by atoms with Crippen molar-refractivity contribution in [3.05, 3.63) is 52.3 Å². The molecule has 2 aromatic carbocycles. The van der Waals surface area contributed by atoms with Crippen LogP contribution in [-0.4, -0.2) is 31.0 Å². The van der Waals surface area contributed by atoms with Crippen molar-refractivity contribution in [1.82, 2.24) is 5.32 Å². The van der Waals surface area contributed by atoms with Crippen molar-refractivity contribution in [2.75, 3.05) is 19.1 Å². The van der Waals surface area contributed by atoms with Gasteiger partial charge in [-0.15, -0.1) is 0 Å². The van der Waals surface area contributed by atoms with Gasteiger partial charge in [0.1, 0.15) is 11.7 Å². The number of hydrogen-bond acceptors (Lipinski definition) is 5. The van der Waals surface area contributed by atoms with E-state index in [1.54, 1.807) is 37.1 Å². The van der Waals surface area contributed by atoms with E-state index in [0.717, 1.165) is 10.0 Å². The Morgan fingerprint density at radius 2 is 2.00 bits per heavy atom. The Balaban J connectivity index is 1.94. The minimum Gasteiger partial charge on any atom is -0.493 e. The molecule has 0 amide bonds. The number of ether oxygens (including phenoxy) is 3. The van der Waals surface area contributed by atoms with E-state index in [1.807, 2.05) is 6.07 Å². The standard InChI is InChI=1S/C20H18BrFN2O4S/c1-20-15(18(25)27-3)16(13-8-10(21)9-14(26-2)17(13)28-20)23-19(29)24(20)12-6-4-11(22)5-7-12/h4-9,15-16H,1-3H3,(H,23,29)/t15-,16+,20+/m1/s1. The number of methoxy groups -OCH3 is 2. The first-order valence-electron chi connectivity index (χ1n) is 8.80. The third-order valence-corrected chi connectivity index (χ3v) is 6.05. The predicted molar refractivity (Wildman–Crippen MR) is 113 cm³/mol. The summed E-state index contributed by atoms with van der Waals surface area (Å²) < 4.78 is 31.3. The zero-order chi connectivity index (χ0) is 20.9. The number of esters is 1. The van der Waals surface area contributed by atoms with Gasteiger partial charge in [0.25, 0.3) is 0 Å². The molecule has 0 aliphatic carbocycles. The molecule has 1 N–H and O–H groups in total. The zero-order valence-corrected chi connectivity index (χ0v) is 18.3. The Labute approximate surface area is 181 Å². The fraction of sp³-hybridized carbons (Fsp3) is 0.300. The molecule has 0 radical (unpaired) electrons. The lowest BCUT2D eigenvalue weighted by Gasteiger charge is -2.55. The van der Waals surface area contributed by atoms with Gasteiger partial charge < -0.3 is 19.5 Å². The van der Waals surface area contributed by atoms with Crippen LogP contribution in [0.1, 0.15) is 18.5 Å². The molecule has 152 valence electrons. The number of thiocarbonyl (C=S) groups is 1. The lowest BCUT2D eigenvalue weighted by Crippen LogP contribution is -2.71. The molecule has 29 heavy (non-hydrogen) atoms. The van der Waals surface area contributed by atoms with Crippen molar-refractivity contribution in [3.8, 4) is 11.5 Å². The largest absolute Gasteiger partial charge is 0.493 e. The number of anilines is 1. The van der Waals surface area contributed by atoms with E-state index in [0.29, 0.717) is 22.3 Å². The molecule has 0 saturated carbocycles. The van der Waals surface area contributed by atoms with Gasteiger partial charge in [-0.1, -0.05) is 15.9 Å². The molecule has 6 nitrogen and oxygen atoms in total. The van der Waals surface area contributed by atoms with Crippen LogP contribution in [0.2, 0.25) is 0 Å². The maximum atomic E-state index is 13.5. The molecule has 2 bridgehead atoms. The number of fused-ring (bicyclic) bond motifs is 4. The van der Waals surface area contributed by atoms with Crippen LogP contribution in [0, 0.1) is 11.7 Å². The number of nitrogens with zero attached hydrogens (tertiary/aromatic N) is 1. The number of carbonyl (C=O) groups is 1. The number of carbonyl (C=O) groups excluding carboxylic acids is 1. The molecule has 1 fully saturated rings. The summed E-state index contributed by atoms with van der Waals surface area (Å²) in [4.78, 5) is 14.5. The Bertz CT molecular complexity index is 1000. The average molecular weight is 481 g/mol. The van der Waals surface area contributed by atoms with Crippen molar-refractivity contribution in [2.24, 2.45) is 5.92 Å². The monoisotopic (exact) mass is 480 g/mol. The molecule has 0 unspecified atom stereocenters. The number of hydrogen-bond donors (Lipinski definition) is 1. The van der Waals surface area contributed by atoms with Crippen LogP contribution < -0.4 is 19.7 Å².